The molecule has 2 unspecified atom stereocenters. The largest absolute Gasteiger partial charge is 0.350 e. The Balaban J connectivity index is 1.69. The highest BCUT2D eigenvalue weighted by molar-refractivity contribution is 5.95. The summed E-state index contributed by atoms with van der Waals surface area (Å²) < 4.78 is 14.2. The molecule has 6 nitrogen and oxygen atoms in total. The second-order valence-corrected chi connectivity index (χ2v) is 10.5. The summed E-state index contributed by atoms with van der Waals surface area (Å²) in [4.78, 5) is 40.3. The average molecular weight is 446 g/mol. The summed E-state index contributed by atoms with van der Waals surface area (Å²) in [5.41, 5.74) is -0.222. The van der Waals surface area contributed by atoms with Crippen LogP contribution in [0.1, 0.15) is 77.3 Å². The number of rotatable bonds is 7. The number of amides is 3. The third-order valence-corrected chi connectivity index (χ3v) is 6.45. The predicted molar refractivity (Wildman–Crippen MR) is 122 cm³/mol. The maximum Gasteiger partial charge on any atom is 0.258 e. The van der Waals surface area contributed by atoms with Gasteiger partial charge in [-0.05, 0) is 48.1 Å². The summed E-state index contributed by atoms with van der Waals surface area (Å²) in [6.07, 6.45) is 1.67. The third kappa shape index (κ3) is 5.30. The molecule has 1 heterocycles. The molecule has 1 saturated heterocycles. The molecule has 2 aliphatic rings. The Labute approximate surface area is 190 Å². The van der Waals surface area contributed by atoms with Gasteiger partial charge in [0, 0.05) is 13.1 Å². The molecule has 32 heavy (non-hydrogen) atoms. The van der Waals surface area contributed by atoms with Crippen LogP contribution in [0.25, 0.3) is 0 Å². The number of halogens is 1. The summed E-state index contributed by atoms with van der Waals surface area (Å²) in [7, 11) is 0. The maximum atomic E-state index is 14.2. The van der Waals surface area contributed by atoms with E-state index in [1.54, 1.807) is 4.90 Å². The van der Waals surface area contributed by atoms with Crippen LogP contribution in [-0.2, 0) is 20.9 Å². The lowest BCUT2D eigenvalue weighted by atomic mass is 9.85. The van der Waals surface area contributed by atoms with Gasteiger partial charge < -0.3 is 15.5 Å². The molecular weight excluding hydrogens is 409 g/mol. The Bertz CT molecular complexity index is 873. The van der Waals surface area contributed by atoms with Crippen LogP contribution in [0.15, 0.2) is 24.3 Å². The predicted octanol–water partition coefficient (Wildman–Crippen LogP) is 3.45. The molecule has 2 atom stereocenters. The molecule has 0 radical (unpaired) electrons. The van der Waals surface area contributed by atoms with E-state index in [-0.39, 0.29) is 24.7 Å². The van der Waals surface area contributed by atoms with Gasteiger partial charge in [0.05, 0.1) is 0 Å². The van der Waals surface area contributed by atoms with E-state index in [1.807, 2.05) is 39.0 Å². The van der Waals surface area contributed by atoms with Crippen molar-refractivity contribution in [1.82, 2.24) is 15.5 Å². The second-order valence-electron chi connectivity index (χ2n) is 10.5. The van der Waals surface area contributed by atoms with Crippen LogP contribution >= 0.6 is 0 Å². The summed E-state index contributed by atoms with van der Waals surface area (Å²) in [6, 6.07) is 6.53. The molecule has 1 saturated carbocycles. The molecule has 1 aromatic carbocycles. The first-order valence-corrected chi connectivity index (χ1v) is 11.6. The van der Waals surface area contributed by atoms with Crippen LogP contribution in [0.2, 0.25) is 0 Å². The monoisotopic (exact) mass is 445 g/mol. The van der Waals surface area contributed by atoms with E-state index in [2.05, 4.69) is 30.5 Å². The van der Waals surface area contributed by atoms with Crippen molar-refractivity contribution < 1.29 is 18.8 Å². The number of hydrogen-bond donors (Lipinski definition) is 2. The summed E-state index contributed by atoms with van der Waals surface area (Å²) >= 11 is 0. The van der Waals surface area contributed by atoms with E-state index >= 15 is 0 Å². The highest BCUT2D eigenvalue weighted by Crippen LogP contribution is 2.40. The van der Waals surface area contributed by atoms with Gasteiger partial charge in [0.15, 0.2) is 5.67 Å². The molecule has 7 heteroatoms. The van der Waals surface area contributed by atoms with Gasteiger partial charge in [0.1, 0.15) is 12.1 Å². The van der Waals surface area contributed by atoms with E-state index in [4.69, 9.17) is 0 Å². The van der Waals surface area contributed by atoms with Crippen molar-refractivity contribution in [1.29, 1.82) is 0 Å². The Morgan fingerprint density at radius 1 is 1.19 bits per heavy atom. The zero-order valence-corrected chi connectivity index (χ0v) is 19.8. The number of likely N-dealkylation sites (tertiary alicyclic amines) is 1. The molecule has 1 aliphatic carbocycles. The molecule has 3 amide bonds. The smallest absolute Gasteiger partial charge is 0.258 e. The molecule has 1 aromatic rings. The minimum atomic E-state index is -1.85. The molecule has 1 aliphatic heterocycles. The van der Waals surface area contributed by atoms with Crippen molar-refractivity contribution >= 4 is 17.7 Å². The highest BCUT2D eigenvalue weighted by atomic mass is 19.1. The van der Waals surface area contributed by atoms with E-state index in [9.17, 15) is 18.8 Å². The van der Waals surface area contributed by atoms with Gasteiger partial charge in [-0.1, -0.05) is 58.9 Å². The molecule has 0 bridgehead atoms. The van der Waals surface area contributed by atoms with E-state index in [1.165, 1.54) is 5.56 Å². The number of hydrogen-bond acceptors (Lipinski definition) is 3. The van der Waals surface area contributed by atoms with Gasteiger partial charge in [-0.15, -0.1) is 0 Å². The van der Waals surface area contributed by atoms with Crippen LogP contribution in [0.4, 0.5) is 4.39 Å². The zero-order chi connectivity index (χ0) is 23.7. The zero-order valence-electron chi connectivity index (χ0n) is 19.8. The lowest BCUT2D eigenvalue weighted by Crippen LogP contribution is -2.58. The molecule has 2 fully saturated rings. The first-order valence-electron chi connectivity index (χ1n) is 11.6. The minimum absolute atomic E-state index is 0.191. The van der Waals surface area contributed by atoms with Crippen molar-refractivity contribution in [3.05, 3.63) is 35.4 Å². The quantitative estimate of drug-likeness (QED) is 0.675. The third-order valence-electron chi connectivity index (χ3n) is 6.45. The number of nitrogens with zero attached hydrogens (tertiary/aromatic N) is 1. The number of nitrogens with one attached hydrogen (secondary N) is 2. The SMILES string of the molecule is CC(C)c1ccccc1CNC(=O)C1CCCN1C(=O)C(NC(=O)C1(F)CC1)C(C)(C)C. The highest BCUT2D eigenvalue weighted by Gasteiger charge is 2.53. The first-order chi connectivity index (χ1) is 14.9. The van der Waals surface area contributed by atoms with Gasteiger partial charge in [-0.3, -0.25) is 14.4 Å². The minimum Gasteiger partial charge on any atom is -0.350 e. The molecular formula is C25H36FN3O3. The fourth-order valence-electron chi connectivity index (χ4n) is 4.27. The van der Waals surface area contributed by atoms with Gasteiger partial charge in [-0.25, -0.2) is 4.39 Å². The number of alkyl halides is 1. The second kappa shape index (κ2) is 9.20. The van der Waals surface area contributed by atoms with Crippen molar-refractivity contribution in [2.45, 2.75) is 90.5 Å². The number of benzene rings is 1. The van der Waals surface area contributed by atoms with Crippen molar-refractivity contribution in [3.63, 3.8) is 0 Å². The number of carbonyl (C=O) groups excluding carboxylic acids is 3. The maximum absolute atomic E-state index is 14.2. The fourth-order valence-corrected chi connectivity index (χ4v) is 4.27. The van der Waals surface area contributed by atoms with Gasteiger partial charge >= 0.3 is 0 Å². The van der Waals surface area contributed by atoms with Crippen molar-refractivity contribution in [2.24, 2.45) is 5.41 Å². The summed E-state index contributed by atoms with van der Waals surface area (Å²) in [5.74, 6) is -0.904. The fraction of sp³-hybridized carbons (Fsp3) is 0.640. The van der Waals surface area contributed by atoms with Crippen molar-refractivity contribution in [3.8, 4) is 0 Å². The van der Waals surface area contributed by atoms with Gasteiger partial charge in [-0.2, -0.15) is 0 Å². The molecule has 2 N–H and O–H groups in total. The van der Waals surface area contributed by atoms with E-state index in [0.29, 0.717) is 31.8 Å². The van der Waals surface area contributed by atoms with Crippen LogP contribution in [0.3, 0.4) is 0 Å². The Morgan fingerprint density at radius 3 is 2.44 bits per heavy atom. The molecule has 3 rings (SSSR count). The standard InChI is InChI=1S/C25H36FN3O3/c1-16(2)18-10-7-6-9-17(18)15-27-21(30)19-11-8-14-29(19)22(31)20(24(3,4)5)28-23(32)25(26)12-13-25/h6-7,9-10,16,19-20H,8,11-15H2,1-5H3,(H,27,30)(H,28,32). The number of carbonyl (C=O) groups is 3. The Hall–Kier alpha value is -2.44. The topological polar surface area (TPSA) is 78.5 Å². The summed E-state index contributed by atoms with van der Waals surface area (Å²) in [5, 5.41) is 5.63. The van der Waals surface area contributed by atoms with E-state index < -0.39 is 29.1 Å². The molecule has 0 aromatic heterocycles. The normalized spacial score (nSPS) is 20.7. The average Bonchev–Trinajstić information content (AvgIpc) is 3.29. The summed E-state index contributed by atoms with van der Waals surface area (Å²) in [6.45, 7) is 10.6. The molecule has 176 valence electrons. The van der Waals surface area contributed by atoms with Crippen LogP contribution in [0, 0.1) is 5.41 Å². The van der Waals surface area contributed by atoms with Crippen LogP contribution in [0.5, 0.6) is 0 Å². The van der Waals surface area contributed by atoms with Gasteiger partial charge in [0.25, 0.3) is 5.91 Å². The van der Waals surface area contributed by atoms with Gasteiger partial charge in [0.2, 0.25) is 11.8 Å². The Morgan fingerprint density at radius 2 is 1.84 bits per heavy atom. The van der Waals surface area contributed by atoms with Crippen LogP contribution < -0.4 is 10.6 Å². The van der Waals surface area contributed by atoms with E-state index in [0.717, 1.165) is 5.56 Å². The lowest BCUT2D eigenvalue weighted by molar-refractivity contribution is -0.144. The van der Waals surface area contributed by atoms with Crippen molar-refractivity contribution in [2.75, 3.05) is 6.54 Å². The lowest BCUT2D eigenvalue weighted by Gasteiger charge is -2.35. The van der Waals surface area contributed by atoms with Crippen LogP contribution in [-0.4, -0.2) is 46.9 Å². The molecule has 0 spiro atoms. The Kier molecular flexibility index (Phi) is 6.96. The first kappa shape index (κ1) is 24.2.